The Labute approximate surface area is 230 Å². The number of aromatic nitrogens is 3. The molecule has 0 atom stereocenters. The minimum Gasteiger partial charge on any atom is -0.309 e. The fourth-order valence-corrected chi connectivity index (χ4v) is 7.13. The zero-order valence-electron chi connectivity index (χ0n) is 21.8. The van der Waals surface area contributed by atoms with Crippen LogP contribution in [0.3, 0.4) is 0 Å². The van der Waals surface area contributed by atoms with E-state index in [0.29, 0.717) is 0 Å². The third-order valence-electron chi connectivity index (χ3n) is 8.76. The Morgan fingerprint density at radius 3 is 1.68 bits per heavy atom. The summed E-state index contributed by atoms with van der Waals surface area (Å²) in [6, 6.07) is 30.7. The summed E-state index contributed by atoms with van der Waals surface area (Å²) in [6.07, 6.45) is 0. The molecule has 2 aromatic heterocycles. The number of benzene rings is 4. The topological polar surface area (TPSA) is 30.7 Å². The molecule has 8 rings (SSSR count). The number of hydrogen-bond acceptors (Lipinski definition) is 2. The van der Waals surface area contributed by atoms with E-state index in [0.717, 1.165) is 27.2 Å². The van der Waals surface area contributed by atoms with Crippen molar-refractivity contribution in [1.29, 1.82) is 0 Å². The first-order valence-electron chi connectivity index (χ1n) is 13.1. The predicted octanol–water partition coefficient (Wildman–Crippen LogP) is 8.95. The molecule has 0 N–H and O–H groups in total. The van der Waals surface area contributed by atoms with Gasteiger partial charge in [0.25, 0.3) is 0 Å². The molecule has 2 aliphatic rings. The molecule has 0 fully saturated rings. The van der Waals surface area contributed by atoms with Crippen molar-refractivity contribution in [3.63, 3.8) is 0 Å². The molecule has 0 bridgehead atoms. The second-order valence-corrected chi connectivity index (χ2v) is 12.6. The Balaban J connectivity index is 1.36. The maximum Gasteiger partial charge on any atom is 0.0933 e. The predicted molar refractivity (Wildman–Crippen MR) is 159 cm³/mol. The Morgan fingerprint density at radius 1 is 0.605 bits per heavy atom. The second-order valence-electron chi connectivity index (χ2n) is 11.7. The average molecular weight is 557 g/mol. The molecule has 4 aromatic carbocycles. The molecule has 0 aliphatic heterocycles. The smallest absolute Gasteiger partial charge is 0.0933 e. The van der Waals surface area contributed by atoms with E-state index in [1.165, 1.54) is 49.7 Å². The van der Waals surface area contributed by atoms with Crippen molar-refractivity contribution in [2.75, 3.05) is 0 Å². The molecule has 3 nitrogen and oxygen atoms in total. The van der Waals surface area contributed by atoms with Crippen molar-refractivity contribution in [2.24, 2.45) is 0 Å². The Hall–Kier alpha value is -3.76. The van der Waals surface area contributed by atoms with Gasteiger partial charge in [0.1, 0.15) is 0 Å². The minimum atomic E-state index is -0.260. The van der Waals surface area contributed by atoms with Gasteiger partial charge in [0.05, 0.1) is 33.8 Å². The van der Waals surface area contributed by atoms with Gasteiger partial charge in [0, 0.05) is 42.9 Å². The van der Waals surface area contributed by atoms with Gasteiger partial charge in [-0.3, -0.25) is 0 Å². The zero-order valence-corrected chi connectivity index (χ0v) is 23.4. The van der Waals surface area contributed by atoms with Crippen LogP contribution in [0.1, 0.15) is 50.2 Å². The first-order chi connectivity index (χ1) is 18.3. The molecular formula is C34H26BrN3. The lowest BCUT2D eigenvalue weighted by molar-refractivity contribution is 0.617. The number of hydrogen-bond donors (Lipinski definition) is 0. The molecule has 0 spiro atoms. The molecule has 2 heterocycles. The van der Waals surface area contributed by atoms with Crippen molar-refractivity contribution >= 4 is 37.7 Å². The van der Waals surface area contributed by atoms with E-state index >= 15 is 0 Å². The monoisotopic (exact) mass is 555 g/mol. The van der Waals surface area contributed by atoms with Crippen LogP contribution in [0.15, 0.2) is 89.4 Å². The Morgan fingerprint density at radius 2 is 1.11 bits per heavy atom. The standard InChI is InChI=1S/C34H26BrN3/c1-33(2)25-17-19(35)13-15-23(25)29-31(33)37-30-24-16-14-20(18-26(24)34(3,4)32(30)36-29)38-27-11-7-5-9-21(27)22-10-6-8-12-28(22)38/h5-18H,1-4H3. The third-order valence-corrected chi connectivity index (χ3v) is 9.25. The van der Waals surface area contributed by atoms with Gasteiger partial charge in [-0.05, 0) is 47.5 Å². The number of halogens is 1. The van der Waals surface area contributed by atoms with Gasteiger partial charge in [-0.25, -0.2) is 9.97 Å². The summed E-state index contributed by atoms with van der Waals surface area (Å²) in [5, 5.41) is 2.55. The molecule has 6 aromatic rings. The van der Waals surface area contributed by atoms with E-state index in [2.05, 4.69) is 133 Å². The van der Waals surface area contributed by atoms with Gasteiger partial charge in [0.2, 0.25) is 0 Å². The summed E-state index contributed by atoms with van der Waals surface area (Å²) >= 11 is 3.66. The third kappa shape index (κ3) is 2.69. The summed E-state index contributed by atoms with van der Waals surface area (Å²) in [5.41, 5.74) is 12.3. The van der Waals surface area contributed by atoms with Crippen LogP contribution in [-0.4, -0.2) is 14.5 Å². The lowest BCUT2D eigenvalue weighted by atomic mass is 9.84. The molecule has 0 saturated carbocycles. The Kier molecular flexibility index (Phi) is 4.22. The fourth-order valence-electron chi connectivity index (χ4n) is 6.77. The van der Waals surface area contributed by atoms with Crippen molar-refractivity contribution in [1.82, 2.24) is 14.5 Å². The van der Waals surface area contributed by atoms with Crippen LogP contribution < -0.4 is 0 Å². The highest BCUT2D eigenvalue weighted by atomic mass is 79.9. The molecule has 2 aliphatic carbocycles. The maximum atomic E-state index is 5.38. The lowest BCUT2D eigenvalue weighted by Gasteiger charge is -2.22. The molecule has 184 valence electrons. The van der Waals surface area contributed by atoms with E-state index in [9.17, 15) is 0 Å². The molecule has 0 unspecified atom stereocenters. The first kappa shape index (κ1) is 22.2. The highest BCUT2D eigenvalue weighted by Crippen LogP contribution is 2.53. The SMILES string of the molecule is CC1(C)c2cc(Br)ccc2-c2nc3c(nc21)-c1ccc(-n2c4ccccc4c4ccccc42)cc1C3(C)C. The molecule has 38 heavy (non-hydrogen) atoms. The zero-order chi connectivity index (χ0) is 26.0. The number of nitrogens with zero attached hydrogens (tertiary/aromatic N) is 3. The highest BCUT2D eigenvalue weighted by Gasteiger charge is 2.44. The summed E-state index contributed by atoms with van der Waals surface area (Å²) in [4.78, 5) is 10.8. The molecule has 0 saturated heterocycles. The van der Waals surface area contributed by atoms with Crippen LogP contribution in [0.25, 0.3) is 50.0 Å². The van der Waals surface area contributed by atoms with Gasteiger partial charge in [-0.15, -0.1) is 0 Å². The van der Waals surface area contributed by atoms with E-state index in [4.69, 9.17) is 9.97 Å². The van der Waals surface area contributed by atoms with Gasteiger partial charge >= 0.3 is 0 Å². The second kappa shape index (κ2) is 7.21. The van der Waals surface area contributed by atoms with Crippen molar-refractivity contribution in [2.45, 2.75) is 38.5 Å². The number of rotatable bonds is 1. The van der Waals surface area contributed by atoms with Gasteiger partial charge < -0.3 is 4.57 Å². The van der Waals surface area contributed by atoms with Crippen LogP contribution in [0.5, 0.6) is 0 Å². The first-order valence-corrected chi connectivity index (χ1v) is 13.9. The fraction of sp³-hybridized carbons (Fsp3) is 0.176. The summed E-state index contributed by atoms with van der Waals surface area (Å²) < 4.78 is 3.48. The maximum absolute atomic E-state index is 5.38. The average Bonchev–Trinajstić information content (AvgIpc) is 3.45. The van der Waals surface area contributed by atoms with Crippen molar-refractivity contribution in [3.05, 3.63) is 112 Å². The van der Waals surface area contributed by atoms with Crippen molar-refractivity contribution in [3.8, 4) is 28.2 Å². The van der Waals surface area contributed by atoms with E-state index in [1.54, 1.807) is 0 Å². The highest BCUT2D eigenvalue weighted by molar-refractivity contribution is 9.10. The molecule has 0 amide bonds. The van der Waals surface area contributed by atoms with Gasteiger partial charge in [-0.2, -0.15) is 0 Å². The minimum absolute atomic E-state index is 0.202. The Bertz CT molecular complexity index is 1940. The van der Waals surface area contributed by atoms with E-state index in [-0.39, 0.29) is 10.8 Å². The molecule has 0 radical (unpaired) electrons. The number of para-hydroxylation sites is 2. The van der Waals surface area contributed by atoms with Crippen molar-refractivity contribution < 1.29 is 0 Å². The molecular weight excluding hydrogens is 530 g/mol. The van der Waals surface area contributed by atoms with Gasteiger partial charge in [0.15, 0.2) is 0 Å². The number of fused-ring (bicyclic) bond motifs is 9. The lowest BCUT2D eigenvalue weighted by Crippen LogP contribution is -2.20. The summed E-state index contributed by atoms with van der Waals surface area (Å²) in [7, 11) is 0. The van der Waals surface area contributed by atoms with Crippen LogP contribution in [0.4, 0.5) is 0 Å². The van der Waals surface area contributed by atoms with Crippen LogP contribution in [0.2, 0.25) is 0 Å². The van der Waals surface area contributed by atoms with E-state index < -0.39 is 0 Å². The van der Waals surface area contributed by atoms with Crippen LogP contribution in [0, 0.1) is 0 Å². The van der Waals surface area contributed by atoms with Gasteiger partial charge in [-0.1, -0.05) is 92.2 Å². The normalized spacial score (nSPS) is 15.9. The summed E-state index contributed by atoms with van der Waals surface area (Å²) in [5.74, 6) is 0. The van der Waals surface area contributed by atoms with Crippen LogP contribution >= 0.6 is 15.9 Å². The molecule has 4 heteroatoms. The summed E-state index contributed by atoms with van der Waals surface area (Å²) in [6.45, 7) is 9.10. The largest absolute Gasteiger partial charge is 0.309 e. The van der Waals surface area contributed by atoms with Crippen LogP contribution in [-0.2, 0) is 10.8 Å². The quantitative estimate of drug-likeness (QED) is 0.202. The van der Waals surface area contributed by atoms with E-state index in [1.807, 2.05) is 0 Å².